The smallest absolute Gasteiger partial charge is 0.167 e. The van der Waals surface area contributed by atoms with Crippen LogP contribution < -0.4 is 26.0 Å². The summed E-state index contributed by atoms with van der Waals surface area (Å²) in [6.07, 6.45) is 0. The van der Waals surface area contributed by atoms with Crippen LogP contribution >= 0.6 is 14.3 Å². The molecule has 5 aromatic rings. The first-order chi connectivity index (χ1) is 19.0. The zero-order chi connectivity index (χ0) is 27.3. The van der Waals surface area contributed by atoms with Crippen LogP contribution in [0.3, 0.4) is 0 Å². The van der Waals surface area contributed by atoms with Crippen LogP contribution in [-0.4, -0.2) is 7.11 Å². The molecule has 0 aliphatic heterocycles. The van der Waals surface area contributed by atoms with Crippen LogP contribution in [0.15, 0.2) is 157 Å². The molecule has 0 amide bonds. The Morgan fingerprint density at radius 2 is 0.923 bits per heavy atom. The maximum atomic E-state index is 15.8. The van der Waals surface area contributed by atoms with E-state index in [2.05, 4.69) is 6.58 Å². The number of hydrogen-bond donors (Lipinski definition) is 0. The van der Waals surface area contributed by atoms with Gasteiger partial charge in [0.05, 0.1) is 12.8 Å². The topological polar surface area (TPSA) is 43.4 Å². The second-order valence-electron chi connectivity index (χ2n) is 9.28. The lowest BCUT2D eigenvalue weighted by Crippen LogP contribution is -2.26. The van der Waals surface area contributed by atoms with Gasteiger partial charge in [0.2, 0.25) is 0 Å². The van der Waals surface area contributed by atoms with Gasteiger partial charge < -0.3 is 13.9 Å². The van der Waals surface area contributed by atoms with Gasteiger partial charge in [0.25, 0.3) is 0 Å². The lowest BCUT2D eigenvalue weighted by molar-refractivity contribution is 0.414. The number of ether oxygens (including phenoxy) is 1. The summed E-state index contributed by atoms with van der Waals surface area (Å²) in [5, 5.41) is 3.12. The summed E-state index contributed by atoms with van der Waals surface area (Å²) in [7, 11) is -5.36. The quantitative estimate of drug-likeness (QED) is 0.182. The standard InChI is InChI=1S/C34H30O3P2/c1-27(38(35,30-15-7-3-8-16-30)31-17-9-4-10-18-31)34(28-23-25-29(37-2)26-24-28)39(36,32-19-11-5-12-20-32)33-21-13-6-14-22-33/h3-26,34H,1H2,2H3. The Kier molecular flexibility index (Phi) is 7.84. The highest BCUT2D eigenvalue weighted by Gasteiger charge is 2.46. The van der Waals surface area contributed by atoms with E-state index in [0.717, 1.165) is 5.56 Å². The summed E-state index contributed by atoms with van der Waals surface area (Å²) >= 11 is 0. The molecule has 5 rings (SSSR count). The molecule has 0 N–H and O–H groups in total. The molecule has 0 saturated carbocycles. The Labute approximate surface area is 230 Å². The van der Waals surface area contributed by atoms with Gasteiger partial charge in [0.1, 0.15) is 5.75 Å². The number of benzene rings is 5. The molecule has 0 heterocycles. The molecule has 1 atom stereocenters. The molecule has 194 valence electrons. The van der Waals surface area contributed by atoms with E-state index >= 15 is 9.13 Å². The van der Waals surface area contributed by atoms with Crippen LogP contribution in [0, 0.1) is 0 Å². The lowest BCUT2D eigenvalue weighted by atomic mass is 10.1. The minimum atomic E-state index is -3.49. The number of methoxy groups -OCH3 is 1. The molecule has 5 aromatic carbocycles. The van der Waals surface area contributed by atoms with Gasteiger partial charge in [-0.3, -0.25) is 0 Å². The van der Waals surface area contributed by atoms with E-state index in [9.17, 15) is 0 Å². The second kappa shape index (κ2) is 11.5. The zero-order valence-corrected chi connectivity index (χ0v) is 23.5. The minimum absolute atomic E-state index is 0.432. The highest BCUT2D eigenvalue weighted by molar-refractivity contribution is 7.85. The first-order valence-corrected chi connectivity index (χ1v) is 16.2. The first-order valence-electron chi connectivity index (χ1n) is 12.7. The van der Waals surface area contributed by atoms with E-state index in [1.807, 2.05) is 146 Å². The Bertz CT molecular complexity index is 1550. The normalized spacial score (nSPS) is 12.4. The molecule has 0 aromatic heterocycles. The van der Waals surface area contributed by atoms with Crippen molar-refractivity contribution in [3.63, 3.8) is 0 Å². The predicted molar refractivity (Wildman–Crippen MR) is 164 cm³/mol. The minimum Gasteiger partial charge on any atom is -0.497 e. The number of rotatable bonds is 9. The molecule has 3 nitrogen and oxygen atoms in total. The fraction of sp³-hybridized carbons (Fsp3) is 0.0588. The van der Waals surface area contributed by atoms with Crippen molar-refractivity contribution in [3.05, 3.63) is 163 Å². The molecular formula is C34H30O3P2. The Hall–Kier alpha value is -3.90. The van der Waals surface area contributed by atoms with Crippen molar-refractivity contribution in [1.82, 2.24) is 0 Å². The number of allylic oxidation sites excluding steroid dienone is 1. The molecule has 0 saturated heterocycles. The van der Waals surface area contributed by atoms with Gasteiger partial charge in [-0.2, -0.15) is 0 Å². The van der Waals surface area contributed by atoms with Gasteiger partial charge in [-0.15, -0.1) is 0 Å². The van der Waals surface area contributed by atoms with Crippen LogP contribution in [0.5, 0.6) is 5.75 Å². The maximum absolute atomic E-state index is 15.8. The van der Waals surface area contributed by atoms with E-state index < -0.39 is 19.9 Å². The van der Waals surface area contributed by atoms with Crippen molar-refractivity contribution < 1.29 is 13.9 Å². The largest absolute Gasteiger partial charge is 0.497 e. The summed E-state index contributed by atoms with van der Waals surface area (Å²) in [6.45, 7) is 4.55. The van der Waals surface area contributed by atoms with Crippen LogP contribution in [0.25, 0.3) is 0 Å². The molecule has 0 aliphatic rings. The zero-order valence-electron chi connectivity index (χ0n) is 21.8. The average molecular weight is 549 g/mol. The highest BCUT2D eigenvalue weighted by atomic mass is 31.2. The van der Waals surface area contributed by atoms with Crippen molar-refractivity contribution in [2.45, 2.75) is 5.66 Å². The van der Waals surface area contributed by atoms with Crippen molar-refractivity contribution >= 4 is 35.5 Å². The molecule has 39 heavy (non-hydrogen) atoms. The third kappa shape index (κ3) is 4.97. The van der Waals surface area contributed by atoms with E-state index in [1.54, 1.807) is 7.11 Å². The van der Waals surface area contributed by atoms with Gasteiger partial charge in [-0.25, -0.2) is 0 Å². The molecule has 0 spiro atoms. The molecule has 0 aliphatic carbocycles. The Morgan fingerprint density at radius 3 is 1.28 bits per heavy atom. The molecule has 0 fully saturated rings. The Morgan fingerprint density at radius 1 is 0.564 bits per heavy atom. The Balaban J connectivity index is 1.84. The van der Waals surface area contributed by atoms with Gasteiger partial charge >= 0.3 is 0 Å². The van der Waals surface area contributed by atoms with Crippen LogP contribution in [0.2, 0.25) is 0 Å². The number of hydrogen-bond acceptors (Lipinski definition) is 3. The van der Waals surface area contributed by atoms with Crippen molar-refractivity contribution in [3.8, 4) is 5.75 Å². The average Bonchev–Trinajstić information content (AvgIpc) is 3.02. The van der Waals surface area contributed by atoms with Crippen LogP contribution in [0.4, 0.5) is 0 Å². The SMILES string of the molecule is C=C(C(c1ccc(OC)cc1)P(=O)(c1ccccc1)c1ccccc1)P(=O)(c1ccccc1)c1ccccc1. The van der Waals surface area contributed by atoms with E-state index in [1.165, 1.54) is 0 Å². The third-order valence-corrected chi connectivity index (χ3v) is 13.8. The molecule has 0 bridgehead atoms. The van der Waals surface area contributed by atoms with Gasteiger partial charge in [-0.1, -0.05) is 140 Å². The van der Waals surface area contributed by atoms with Crippen molar-refractivity contribution in [1.29, 1.82) is 0 Å². The van der Waals surface area contributed by atoms with Gasteiger partial charge in [0, 0.05) is 26.5 Å². The fourth-order valence-electron chi connectivity index (χ4n) is 5.07. The highest BCUT2D eigenvalue weighted by Crippen LogP contribution is 2.68. The molecular weight excluding hydrogens is 518 g/mol. The summed E-state index contributed by atoms with van der Waals surface area (Å²) in [5.41, 5.74) is 0.00313. The third-order valence-electron chi connectivity index (χ3n) is 7.03. The van der Waals surface area contributed by atoms with E-state index in [4.69, 9.17) is 4.74 Å². The molecule has 1 unspecified atom stereocenters. The van der Waals surface area contributed by atoms with Crippen molar-refractivity contribution in [2.24, 2.45) is 0 Å². The fourth-order valence-corrected chi connectivity index (χ4v) is 11.8. The van der Waals surface area contributed by atoms with E-state index in [0.29, 0.717) is 32.3 Å². The van der Waals surface area contributed by atoms with Gasteiger partial charge in [-0.05, 0) is 17.7 Å². The lowest BCUT2D eigenvalue weighted by Gasteiger charge is -2.34. The summed E-state index contributed by atoms with van der Waals surface area (Å²) in [4.78, 5) is 0. The predicted octanol–water partition coefficient (Wildman–Crippen LogP) is 7.28. The maximum Gasteiger partial charge on any atom is 0.167 e. The van der Waals surface area contributed by atoms with Crippen LogP contribution in [0.1, 0.15) is 11.2 Å². The second-order valence-corrected chi connectivity index (χ2v) is 15.0. The summed E-state index contributed by atoms with van der Waals surface area (Å²) < 4.78 is 36.8. The van der Waals surface area contributed by atoms with E-state index in [-0.39, 0.29) is 0 Å². The summed E-state index contributed by atoms with van der Waals surface area (Å²) in [5.74, 6) is 0.687. The van der Waals surface area contributed by atoms with Crippen LogP contribution in [-0.2, 0) is 9.13 Å². The molecule has 5 heteroatoms. The monoisotopic (exact) mass is 548 g/mol. The molecule has 0 radical (unpaired) electrons. The first kappa shape index (κ1) is 26.7. The summed E-state index contributed by atoms with van der Waals surface area (Å²) in [6, 6.07) is 45.4. The van der Waals surface area contributed by atoms with Gasteiger partial charge in [0.15, 0.2) is 14.3 Å². The van der Waals surface area contributed by atoms with Crippen molar-refractivity contribution in [2.75, 3.05) is 7.11 Å².